The topological polar surface area (TPSA) is 33.2 Å². The van der Waals surface area contributed by atoms with E-state index in [1.165, 1.54) is 11.3 Å². The number of aryl methyl sites for hydroxylation is 1. The molecular formula is C14H14N2OS. The Morgan fingerprint density at radius 3 is 2.72 bits per heavy atom. The lowest BCUT2D eigenvalue weighted by Crippen LogP contribution is -2.30. The lowest BCUT2D eigenvalue weighted by molar-refractivity contribution is 0.0993. The average molecular weight is 258 g/mol. The summed E-state index contributed by atoms with van der Waals surface area (Å²) in [5.74, 6) is -0.0268. The smallest absolute Gasteiger partial charge is 0.270 e. The van der Waals surface area contributed by atoms with Crippen LogP contribution < -0.4 is 4.90 Å². The number of amides is 1. The van der Waals surface area contributed by atoms with Crippen LogP contribution in [0.5, 0.6) is 0 Å². The summed E-state index contributed by atoms with van der Waals surface area (Å²) < 4.78 is 0. The predicted molar refractivity (Wildman–Crippen MR) is 75.2 cm³/mol. The summed E-state index contributed by atoms with van der Waals surface area (Å²) >= 11 is 1.37. The number of thiazole rings is 1. The molecule has 0 bridgehead atoms. The van der Waals surface area contributed by atoms with Crippen molar-refractivity contribution in [2.45, 2.75) is 6.92 Å². The van der Waals surface area contributed by atoms with E-state index in [-0.39, 0.29) is 5.91 Å². The number of carbonyl (C=O) groups is 1. The molecule has 0 aliphatic heterocycles. The highest BCUT2D eigenvalue weighted by Gasteiger charge is 2.19. The summed E-state index contributed by atoms with van der Waals surface area (Å²) in [4.78, 5) is 19.0. The lowest BCUT2D eigenvalue weighted by Gasteiger charge is -2.20. The Bertz CT molecular complexity index is 548. The fourth-order valence-corrected chi connectivity index (χ4v) is 2.42. The highest BCUT2D eigenvalue weighted by atomic mass is 32.1. The molecule has 0 N–H and O–H groups in total. The van der Waals surface area contributed by atoms with Gasteiger partial charge in [0, 0.05) is 12.2 Å². The third-order valence-corrected chi connectivity index (χ3v) is 3.48. The van der Waals surface area contributed by atoms with Crippen molar-refractivity contribution < 1.29 is 4.79 Å². The molecule has 0 atom stereocenters. The Balaban J connectivity index is 2.34. The second-order valence-electron chi connectivity index (χ2n) is 3.81. The number of rotatable bonds is 4. The van der Waals surface area contributed by atoms with Gasteiger partial charge in [0.1, 0.15) is 4.88 Å². The van der Waals surface area contributed by atoms with Crippen LogP contribution in [0.25, 0.3) is 0 Å². The molecule has 0 aliphatic rings. The first-order chi connectivity index (χ1) is 8.74. The molecule has 0 aliphatic carbocycles. The summed E-state index contributed by atoms with van der Waals surface area (Å²) in [7, 11) is 0. The van der Waals surface area contributed by atoms with Gasteiger partial charge in [0.2, 0.25) is 0 Å². The molecule has 92 valence electrons. The van der Waals surface area contributed by atoms with Gasteiger partial charge in [-0.1, -0.05) is 24.3 Å². The molecule has 3 nitrogen and oxygen atoms in total. The zero-order valence-electron chi connectivity index (χ0n) is 10.2. The molecule has 2 rings (SSSR count). The maximum absolute atomic E-state index is 12.5. The van der Waals surface area contributed by atoms with Gasteiger partial charge in [0.25, 0.3) is 5.91 Å². The highest BCUT2D eigenvalue weighted by molar-refractivity contribution is 7.12. The van der Waals surface area contributed by atoms with Crippen LogP contribution in [0, 0.1) is 6.92 Å². The molecule has 18 heavy (non-hydrogen) atoms. The second-order valence-corrected chi connectivity index (χ2v) is 4.66. The van der Waals surface area contributed by atoms with E-state index >= 15 is 0 Å². The largest absolute Gasteiger partial charge is 0.304 e. The number of hydrogen-bond donors (Lipinski definition) is 0. The number of anilines is 1. The summed E-state index contributed by atoms with van der Waals surface area (Å²) in [6, 6.07) is 9.59. The van der Waals surface area contributed by atoms with Crippen LogP contribution in [0.2, 0.25) is 0 Å². The van der Waals surface area contributed by atoms with Crippen molar-refractivity contribution in [2.24, 2.45) is 0 Å². The van der Waals surface area contributed by atoms with Crippen molar-refractivity contribution in [2.75, 3.05) is 11.4 Å². The minimum atomic E-state index is -0.0268. The fourth-order valence-electron chi connectivity index (χ4n) is 1.67. The standard InChI is InChI=1S/C14H14N2OS/c1-3-9-16(12-7-5-4-6-8-12)14(17)13-11(2)15-10-18-13/h3-8,10H,1,9H2,2H3. The molecular weight excluding hydrogens is 244 g/mol. The number of hydrogen-bond acceptors (Lipinski definition) is 3. The summed E-state index contributed by atoms with van der Waals surface area (Å²) in [5.41, 5.74) is 3.34. The van der Waals surface area contributed by atoms with Gasteiger partial charge in [-0.2, -0.15) is 0 Å². The molecule has 1 aromatic heterocycles. The monoisotopic (exact) mass is 258 g/mol. The third-order valence-electron chi connectivity index (χ3n) is 2.56. The van der Waals surface area contributed by atoms with Crippen molar-refractivity contribution in [1.82, 2.24) is 4.98 Å². The van der Waals surface area contributed by atoms with Crippen molar-refractivity contribution in [3.8, 4) is 0 Å². The Hall–Kier alpha value is -1.94. The normalized spacial score (nSPS) is 10.1. The maximum atomic E-state index is 12.5. The van der Waals surface area contributed by atoms with E-state index in [4.69, 9.17) is 0 Å². The van der Waals surface area contributed by atoms with Gasteiger partial charge in [-0.25, -0.2) is 4.98 Å². The van der Waals surface area contributed by atoms with Gasteiger partial charge in [0.15, 0.2) is 0 Å². The zero-order valence-corrected chi connectivity index (χ0v) is 11.0. The Labute approximate surface area is 110 Å². The molecule has 1 amide bonds. The number of aromatic nitrogens is 1. The third kappa shape index (κ3) is 2.49. The molecule has 0 fully saturated rings. The molecule has 0 unspecified atom stereocenters. The highest BCUT2D eigenvalue weighted by Crippen LogP contribution is 2.20. The van der Waals surface area contributed by atoms with E-state index in [2.05, 4.69) is 11.6 Å². The molecule has 0 spiro atoms. The Morgan fingerprint density at radius 2 is 2.17 bits per heavy atom. The number of benzene rings is 1. The molecule has 2 aromatic rings. The lowest BCUT2D eigenvalue weighted by atomic mass is 10.2. The number of para-hydroxylation sites is 1. The van der Waals surface area contributed by atoms with Crippen molar-refractivity contribution in [3.05, 3.63) is 59.1 Å². The predicted octanol–water partition coefficient (Wildman–Crippen LogP) is 3.28. The number of nitrogens with zero attached hydrogens (tertiary/aromatic N) is 2. The first kappa shape index (κ1) is 12.5. The molecule has 0 radical (unpaired) electrons. The van der Waals surface area contributed by atoms with Crippen LogP contribution in [0.3, 0.4) is 0 Å². The summed E-state index contributed by atoms with van der Waals surface area (Å²) in [5, 5.41) is 0. The SMILES string of the molecule is C=CCN(C(=O)c1scnc1C)c1ccccc1. The molecule has 0 saturated heterocycles. The summed E-state index contributed by atoms with van der Waals surface area (Å²) in [6.07, 6.45) is 1.72. The molecule has 1 aromatic carbocycles. The van der Waals surface area contributed by atoms with E-state index in [9.17, 15) is 4.79 Å². The molecule has 0 saturated carbocycles. The van der Waals surface area contributed by atoms with E-state index in [0.29, 0.717) is 11.4 Å². The number of carbonyl (C=O) groups excluding carboxylic acids is 1. The van der Waals surface area contributed by atoms with Crippen LogP contribution in [0.1, 0.15) is 15.4 Å². The van der Waals surface area contributed by atoms with E-state index in [1.807, 2.05) is 37.3 Å². The van der Waals surface area contributed by atoms with Crippen LogP contribution >= 0.6 is 11.3 Å². The van der Waals surface area contributed by atoms with Gasteiger partial charge < -0.3 is 4.90 Å². The van der Waals surface area contributed by atoms with Crippen molar-refractivity contribution >= 4 is 22.9 Å². The van der Waals surface area contributed by atoms with E-state index in [1.54, 1.807) is 16.5 Å². The molecule has 4 heteroatoms. The average Bonchev–Trinajstić information content (AvgIpc) is 2.82. The van der Waals surface area contributed by atoms with E-state index < -0.39 is 0 Å². The second kappa shape index (κ2) is 5.60. The van der Waals surface area contributed by atoms with Gasteiger partial charge in [0.05, 0.1) is 11.2 Å². The van der Waals surface area contributed by atoms with Gasteiger partial charge >= 0.3 is 0 Å². The maximum Gasteiger partial charge on any atom is 0.270 e. The van der Waals surface area contributed by atoms with Crippen LogP contribution in [0.4, 0.5) is 5.69 Å². The zero-order chi connectivity index (χ0) is 13.0. The molecule has 1 heterocycles. The fraction of sp³-hybridized carbons (Fsp3) is 0.143. The minimum absolute atomic E-state index is 0.0268. The first-order valence-electron chi connectivity index (χ1n) is 5.62. The van der Waals surface area contributed by atoms with Gasteiger partial charge in [-0.15, -0.1) is 17.9 Å². The van der Waals surface area contributed by atoms with Crippen LogP contribution in [-0.4, -0.2) is 17.4 Å². The Kier molecular flexibility index (Phi) is 3.89. The Morgan fingerprint density at radius 1 is 1.44 bits per heavy atom. The minimum Gasteiger partial charge on any atom is -0.304 e. The quantitative estimate of drug-likeness (QED) is 0.788. The van der Waals surface area contributed by atoms with Crippen LogP contribution in [0.15, 0.2) is 48.5 Å². The van der Waals surface area contributed by atoms with Gasteiger partial charge in [-0.05, 0) is 19.1 Å². The van der Waals surface area contributed by atoms with Crippen molar-refractivity contribution in [1.29, 1.82) is 0 Å². The van der Waals surface area contributed by atoms with Gasteiger partial charge in [-0.3, -0.25) is 4.79 Å². The van der Waals surface area contributed by atoms with Crippen molar-refractivity contribution in [3.63, 3.8) is 0 Å². The van der Waals surface area contributed by atoms with Crippen LogP contribution in [-0.2, 0) is 0 Å². The summed E-state index contributed by atoms with van der Waals surface area (Å²) in [6.45, 7) is 6.04. The van der Waals surface area contributed by atoms with E-state index in [0.717, 1.165) is 11.4 Å². The first-order valence-corrected chi connectivity index (χ1v) is 6.50.